The monoisotopic (exact) mass is 203 g/mol. The molecule has 0 bridgehead atoms. The summed E-state index contributed by atoms with van der Waals surface area (Å²) in [5.74, 6) is 0. The summed E-state index contributed by atoms with van der Waals surface area (Å²) >= 11 is 0. The first-order chi connectivity index (χ1) is 7.15. The van der Waals surface area contributed by atoms with E-state index in [4.69, 9.17) is 0 Å². The van der Waals surface area contributed by atoms with Crippen molar-refractivity contribution in [2.45, 2.75) is 13.8 Å². The quantitative estimate of drug-likeness (QED) is 0.554. The number of anilines is 1. The van der Waals surface area contributed by atoms with Crippen LogP contribution in [0.3, 0.4) is 0 Å². The Labute approximate surface area is 91.2 Å². The molecule has 0 amide bonds. The topological polar surface area (TPSA) is 20.3 Å². The molecule has 0 saturated carbocycles. The SMILES string of the molecule is CC(C)=CCN(C)c1ccccc1C=O. The minimum atomic E-state index is 0.738. The Morgan fingerprint density at radius 2 is 2.00 bits per heavy atom. The van der Waals surface area contributed by atoms with Crippen LogP contribution in [0.1, 0.15) is 24.2 Å². The Morgan fingerprint density at radius 3 is 2.60 bits per heavy atom. The van der Waals surface area contributed by atoms with E-state index < -0.39 is 0 Å². The lowest BCUT2D eigenvalue weighted by Gasteiger charge is -2.19. The Hall–Kier alpha value is -1.57. The fraction of sp³-hybridized carbons (Fsp3) is 0.308. The van der Waals surface area contributed by atoms with Crippen LogP contribution in [-0.2, 0) is 0 Å². The number of likely N-dealkylation sites (N-methyl/N-ethyl adjacent to an activating group) is 1. The lowest BCUT2D eigenvalue weighted by Crippen LogP contribution is -2.18. The maximum atomic E-state index is 10.8. The third-order valence-electron chi connectivity index (χ3n) is 2.25. The van der Waals surface area contributed by atoms with Gasteiger partial charge < -0.3 is 4.90 Å². The van der Waals surface area contributed by atoms with Crippen LogP contribution in [0, 0.1) is 0 Å². The van der Waals surface area contributed by atoms with E-state index in [9.17, 15) is 4.79 Å². The Morgan fingerprint density at radius 1 is 1.33 bits per heavy atom. The maximum absolute atomic E-state index is 10.8. The number of carbonyl (C=O) groups is 1. The van der Waals surface area contributed by atoms with Gasteiger partial charge in [-0.15, -0.1) is 0 Å². The van der Waals surface area contributed by atoms with E-state index in [1.54, 1.807) is 0 Å². The number of hydrogen-bond acceptors (Lipinski definition) is 2. The molecule has 0 heterocycles. The van der Waals surface area contributed by atoms with Crippen molar-refractivity contribution in [2.24, 2.45) is 0 Å². The lowest BCUT2D eigenvalue weighted by molar-refractivity contribution is 0.112. The minimum absolute atomic E-state index is 0.738. The number of nitrogens with zero attached hydrogens (tertiary/aromatic N) is 1. The van der Waals surface area contributed by atoms with Crippen LogP contribution in [0.25, 0.3) is 0 Å². The van der Waals surface area contributed by atoms with Crippen molar-refractivity contribution >= 4 is 12.0 Å². The Bertz CT molecular complexity index is 365. The van der Waals surface area contributed by atoms with E-state index in [-0.39, 0.29) is 0 Å². The zero-order chi connectivity index (χ0) is 11.3. The first kappa shape index (κ1) is 11.5. The molecule has 0 unspecified atom stereocenters. The van der Waals surface area contributed by atoms with Crippen molar-refractivity contribution in [3.05, 3.63) is 41.5 Å². The van der Waals surface area contributed by atoms with Gasteiger partial charge in [-0.2, -0.15) is 0 Å². The zero-order valence-electron chi connectivity index (χ0n) is 9.53. The van der Waals surface area contributed by atoms with Gasteiger partial charge in [-0.25, -0.2) is 0 Å². The summed E-state index contributed by atoms with van der Waals surface area (Å²) in [6.07, 6.45) is 3.04. The smallest absolute Gasteiger partial charge is 0.152 e. The molecule has 2 nitrogen and oxygen atoms in total. The molecule has 0 aliphatic rings. The van der Waals surface area contributed by atoms with Crippen molar-refractivity contribution in [1.82, 2.24) is 0 Å². The second kappa shape index (κ2) is 5.35. The van der Waals surface area contributed by atoms with Crippen molar-refractivity contribution < 1.29 is 4.79 Å². The molecule has 80 valence electrons. The van der Waals surface area contributed by atoms with Crippen LogP contribution < -0.4 is 4.90 Å². The summed E-state index contributed by atoms with van der Waals surface area (Å²) < 4.78 is 0. The van der Waals surface area contributed by atoms with Gasteiger partial charge in [0.1, 0.15) is 0 Å². The normalized spacial score (nSPS) is 9.53. The molecule has 0 fully saturated rings. The highest BCUT2D eigenvalue weighted by molar-refractivity contribution is 5.84. The van der Waals surface area contributed by atoms with Gasteiger partial charge in [0.25, 0.3) is 0 Å². The lowest BCUT2D eigenvalue weighted by atomic mass is 10.2. The molecule has 0 aliphatic carbocycles. The number of hydrogen-bond donors (Lipinski definition) is 0. The van der Waals surface area contributed by atoms with E-state index >= 15 is 0 Å². The summed E-state index contributed by atoms with van der Waals surface area (Å²) in [6.45, 7) is 4.96. The van der Waals surface area contributed by atoms with Crippen LogP contribution in [0.5, 0.6) is 0 Å². The molecule has 0 radical (unpaired) electrons. The van der Waals surface area contributed by atoms with Gasteiger partial charge >= 0.3 is 0 Å². The predicted molar refractivity (Wildman–Crippen MR) is 64.5 cm³/mol. The summed E-state index contributed by atoms with van der Waals surface area (Å²) in [4.78, 5) is 12.9. The highest BCUT2D eigenvalue weighted by Gasteiger charge is 2.03. The van der Waals surface area contributed by atoms with Gasteiger partial charge in [-0.05, 0) is 26.0 Å². The molecule has 2 heteroatoms. The number of allylic oxidation sites excluding steroid dienone is 1. The van der Waals surface area contributed by atoms with Crippen LogP contribution in [0.15, 0.2) is 35.9 Å². The van der Waals surface area contributed by atoms with Crippen LogP contribution in [0.4, 0.5) is 5.69 Å². The standard InChI is InChI=1S/C13H17NO/c1-11(2)8-9-14(3)13-7-5-4-6-12(13)10-15/h4-8,10H,9H2,1-3H3. The molecule has 1 aromatic carbocycles. The highest BCUT2D eigenvalue weighted by atomic mass is 16.1. The van der Waals surface area contributed by atoms with Gasteiger partial charge in [0.2, 0.25) is 0 Å². The van der Waals surface area contributed by atoms with Crippen molar-refractivity contribution in [3.63, 3.8) is 0 Å². The number of rotatable bonds is 4. The second-order valence-corrected chi connectivity index (χ2v) is 3.84. The molecule has 0 aromatic heterocycles. The van der Waals surface area contributed by atoms with Gasteiger partial charge in [0.15, 0.2) is 6.29 Å². The van der Waals surface area contributed by atoms with Gasteiger partial charge in [0.05, 0.1) is 0 Å². The number of para-hydroxylation sites is 1. The van der Waals surface area contributed by atoms with Crippen molar-refractivity contribution in [1.29, 1.82) is 0 Å². The Kier molecular flexibility index (Phi) is 4.10. The summed E-state index contributed by atoms with van der Waals surface area (Å²) in [7, 11) is 1.99. The molecule has 0 atom stereocenters. The first-order valence-electron chi connectivity index (χ1n) is 5.04. The number of carbonyl (C=O) groups excluding carboxylic acids is 1. The van der Waals surface area contributed by atoms with Gasteiger partial charge in [0, 0.05) is 24.8 Å². The van der Waals surface area contributed by atoms with Crippen LogP contribution >= 0.6 is 0 Å². The largest absolute Gasteiger partial charge is 0.370 e. The van der Waals surface area contributed by atoms with E-state index in [0.717, 1.165) is 24.1 Å². The maximum Gasteiger partial charge on any atom is 0.152 e. The predicted octanol–water partition coefficient (Wildman–Crippen LogP) is 2.90. The van der Waals surface area contributed by atoms with Gasteiger partial charge in [-0.1, -0.05) is 23.8 Å². The molecule has 0 aliphatic heterocycles. The fourth-order valence-corrected chi connectivity index (χ4v) is 1.35. The molecule has 1 rings (SSSR count). The van der Waals surface area contributed by atoms with Crippen LogP contribution in [0.2, 0.25) is 0 Å². The van der Waals surface area contributed by atoms with Gasteiger partial charge in [-0.3, -0.25) is 4.79 Å². The summed E-state index contributed by atoms with van der Waals surface area (Å²) in [5, 5.41) is 0. The average molecular weight is 203 g/mol. The van der Waals surface area contributed by atoms with Crippen molar-refractivity contribution in [3.8, 4) is 0 Å². The van der Waals surface area contributed by atoms with Crippen molar-refractivity contribution in [2.75, 3.05) is 18.5 Å². The minimum Gasteiger partial charge on any atom is -0.370 e. The summed E-state index contributed by atoms with van der Waals surface area (Å²) in [5.41, 5.74) is 3.00. The van der Waals surface area contributed by atoms with E-state index in [0.29, 0.717) is 0 Å². The molecule has 0 saturated heterocycles. The fourth-order valence-electron chi connectivity index (χ4n) is 1.35. The third kappa shape index (κ3) is 3.24. The first-order valence-corrected chi connectivity index (χ1v) is 5.04. The second-order valence-electron chi connectivity index (χ2n) is 3.84. The van der Waals surface area contributed by atoms with E-state index in [2.05, 4.69) is 24.8 Å². The zero-order valence-corrected chi connectivity index (χ0v) is 9.53. The molecular weight excluding hydrogens is 186 g/mol. The third-order valence-corrected chi connectivity index (χ3v) is 2.25. The highest BCUT2D eigenvalue weighted by Crippen LogP contribution is 2.16. The average Bonchev–Trinajstić information content (AvgIpc) is 2.25. The van der Waals surface area contributed by atoms with E-state index in [1.807, 2.05) is 31.3 Å². The molecule has 1 aromatic rings. The van der Waals surface area contributed by atoms with E-state index in [1.165, 1.54) is 5.57 Å². The summed E-state index contributed by atoms with van der Waals surface area (Å²) in [6, 6.07) is 7.62. The Balaban J connectivity index is 2.85. The molecular formula is C13H17NO. The van der Waals surface area contributed by atoms with Crippen LogP contribution in [-0.4, -0.2) is 19.9 Å². The number of benzene rings is 1. The molecule has 15 heavy (non-hydrogen) atoms. The molecule has 0 spiro atoms. The molecule has 0 N–H and O–H groups in total. The number of aldehydes is 1.